The van der Waals surface area contributed by atoms with Crippen LogP contribution in [0.2, 0.25) is 0 Å². The first-order valence-electron chi connectivity index (χ1n) is 3.78. The Morgan fingerprint density at radius 1 is 1.81 bits per heavy atom. The summed E-state index contributed by atoms with van der Waals surface area (Å²) >= 11 is 2.93. The first-order valence-corrected chi connectivity index (χ1v) is 5.68. The highest BCUT2D eigenvalue weighted by Crippen LogP contribution is 2.29. The number of carbonyl (C=O) groups excluding carboxylic acids is 1. The molecule has 0 aromatic rings. The summed E-state index contributed by atoms with van der Waals surface area (Å²) in [6.07, 6.45) is 0.500. The first kappa shape index (κ1) is 13.1. The molecule has 0 aromatic carbocycles. The van der Waals surface area contributed by atoms with Crippen LogP contribution in [-0.2, 0) is 14.4 Å². The normalized spacial score (nSPS) is 16.4. The van der Waals surface area contributed by atoms with Crippen LogP contribution in [0.3, 0.4) is 0 Å². The van der Waals surface area contributed by atoms with Gasteiger partial charge in [0.25, 0.3) is 5.84 Å². The van der Waals surface area contributed by atoms with Gasteiger partial charge in [-0.05, 0) is 34.5 Å². The van der Waals surface area contributed by atoms with Crippen molar-refractivity contribution in [3.8, 4) is 0 Å². The van der Waals surface area contributed by atoms with Crippen molar-refractivity contribution in [3.63, 3.8) is 0 Å². The second-order valence-electron chi connectivity index (χ2n) is 2.31. The van der Waals surface area contributed by atoms with E-state index >= 15 is 0 Å². The summed E-state index contributed by atoms with van der Waals surface area (Å²) in [6, 6.07) is 0. The van der Waals surface area contributed by atoms with Gasteiger partial charge in [-0.15, -0.1) is 0 Å². The molecule has 1 aliphatic rings. The Kier molecular flexibility index (Phi) is 4.82. The summed E-state index contributed by atoms with van der Waals surface area (Å²) in [6.45, 7) is 0. The van der Waals surface area contributed by atoms with Crippen LogP contribution in [0.1, 0.15) is 0 Å². The number of amides is 1. The average Bonchev–Trinajstić information content (AvgIpc) is 2.58. The van der Waals surface area contributed by atoms with Gasteiger partial charge >= 0.3 is 5.97 Å². The molecule has 0 atom stereocenters. The van der Waals surface area contributed by atoms with Crippen molar-refractivity contribution in [1.82, 2.24) is 15.2 Å². The molecule has 16 heavy (non-hydrogen) atoms. The van der Waals surface area contributed by atoms with Gasteiger partial charge in [-0.3, -0.25) is 4.79 Å². The predicted octanol–water partition coefficient (Wildman–Crippen LogP) is -0.193. The van der Waals surface area contributed by atoms with Crippen molar-refractivity contribution in [3.05, 3.63) is 8.73 Å². The number of carboxylic acid groups (broad SMARTS) is 1. The van der Waals surface area contributed by atoms with E-state index in [4.69, 9.17) is 5.11 Å². The Labute approximate surface area is 108 Å². The quantitative estimate of drug-likeness (QED) is 0.122. The molecule has 0 spiro atoms. The summed E-state index contributed by atoms with van der Waals surface area (Å²) in [5.41, 5.74) is 0. The lowest BCUT2D eigenvalue weighted by Crippen LogP contribution is -2.38. The van der Waals surface area contributed by atoms with Gasteiger partial charge in [0.05, 0.1) is 0 Å². The molecule has 0 bridgehead atoms. The van der Waals surface area contributed by atoms with Gasteiger partial charge < -0.3 is 15.3 Å². The minimum absolute atomic E-state index is 0.331. The number of hydrazine groups is 1. The highest BCUT2D eigenvalue weighted by molar-refractivity contribution is 14.1. The van der Waals surface area contributed by atoms with E-state index < -0.39 is 5.97 Å². The average molecular weight is 358 g/mol. The maximum atomic E-state index is 10.9. The van der Waals surface area contributed by atoms with Crippen LogP contribution in [-0.4, -0.2) is 35.4 Å². The van der Waals surface area contributed by atoms with Crippen LogP contribution in [0.5, 0.6) is 0 Å². The first-order chi connectivity index (χ1) is 7.61. The fourth-order valence-electron chi connectivity index (χ4n) is 0.816. The number of oxime groups is 1. The van der Waals surface area contributed by atoms with Crippen LogP contribution < -0.4 is 10.1 Å². The Morgan fingerprint density at radius 3 is 3.00 bits per heavy atom. The van der Waals surface area contributed by atoms with Crippen LogP contribution >= 0.6 is 34.5 Å². The number of nitrogens with one attached hydrogen (secondary N) is 2. The van der Waals surface area contributed by atoms with Crippen molar-refractivity contribution in [2.75, 3.05) is 7.11 Å². The van der Waals surface area contributed by atoms with Crippen LogP contribution in [0.4, 0.5) is 0 Å². The summed E-state index contributed by atoms with van der Waals surface area (Å²) in [5, 5.41) is 16.3. The van der Waals surface area contributed by atoms with Gasteiger partial charge in [0, 0.05) is 0 Å². The number of halogens is 1. The lowest BCUT2D eigenvalue weighted by molar-refractivity contribution is -0.130. The van der Waals surface area contributed by atoms with Crippen molar-refractivity contribution in [2.24, 2.45) is 5.16 Å². The fraction of sp³-hybridized carbons (Fsp3) is 0.167. The third-order valence-corrected chi connectivity index (χ3v) is 3.57. The van der Waals surface area contributed by atoms with Gasteiger partial charge in [0.1, 0.15) is 15.8 Å². The second-order valence-corrected chi connectivity index (χ2v) is 4.13. The van der Waals surface area contributed by atoms with E-state index in [2.05, 4.69) is 20.1 Å². The van der Waals surface area contributed by atoms with Crippen LogP contribution in [0, 0.1) is 0 Å². The molecule has 0 aliphatic carbocycles. The monoisotopic (exact) mass is 358 g/mol. The fourth-order valence-corrected chi connectivity index (χ4v) is 2.46. The third-order valence-electron chi connectivity index (χ3n) is 1.39. The van der Waals surface area contributed by atoms with Crippen molar-refractivity contribution in [2.45, 2.75) is 0 Å². The lowest BCUT2D eigenvalue weighted by Gasteiger charge is -2.15. The zero-order valence-electron chi connectivity index (χ0n) is 7.93. The number of hydrogen-bond donors (Lipinski definition) is 3. The largest absolute Gasteiger partial charge is 0.475 e. The molecule has 1 amide bonds. The molecule has 1 heterocycles. The zero-order chi connectivity index (χ0) is 12.1. The Morgan fingerprint density at radius 2 is 2.50 bits per heavy atom. The number of aliphatic carboxylic acids is 1. The van der Waals surface area contributed by atoms with Crippen molar-refractivity contribution in [1.29, 1.82) is 0 Å². The molecule has 0 fully saturated rings. The molecule has 10 heteroatoms. The SMILES string of the molecule is CON=C(C(=O)O)N1NSC(NC=O)=C1I. The number of carbonyl (C=O) groups is 2. The standard InChI is InChI=1S/C6H7IN4O4S/c1-15-9-4(6(13)14)11-3(7)5(8-2-12)16-10-11/h2,10H,1H3,(H,8,12)(H,13,14). The van der Waals surface area contributed by atoms with Gasteiger partial charge in [0.15, 0.2) is 0 Å². The topological polar surface area (TPSA) is 103 Å². The maximum absolute atomic E-state index is 10.9. The second kappa shape index (κ2) is 5.91. The third kappa shape index (κ3) is 2.76. The summed E-state index contributed by atoms with van der Waals surface area (Å²) in [7, 11) is 1.24. The highest BCUT2D eigenvalue weighted by atomic mass is 127. The van der Waals surface area contributed by atoms with E-state index in [1.807, 2.05) is 22.6 Å². The Balaban J connectivity index is 2.94. The number of nitrogens with zero attached hydrogens (tertiary/aromatic N) is 2. The van der Waals surface area contributed by atoms with E-state index in [0.29, 0.717) is 15.1 Å². The molecular weight excluding hydrogens is 351 g/mol. The van der Waals surface area contributed by atoms with E-state index in [1.165, 1.54) is 12.1 Å². The zero-order valence-corrected chi connectivity index (χ0v) is 10.9. The van der Waals surface area contributed by atoms with E-state index in [0.717, 1.165) is 11.9 Å². The lowest BCUT2D eigenvalue weighted by atomic mass is 10.6. The van der Waals surface area contributed by atoms with Gasteiger partial charge in [-0.25, -0.2) is 9.80 Å². The molecule has 0 unspecified atom stereocenters. The van der Waals surface area contributed by atoms with Crippen LogP contribution in [0.25, 0.3) is 0 Å². The van der Waals surface area contributed by atoms with Crippen molar-refractivity contribution < 1.29 is 19.5 Å². The molecule has 3 N–H and O–H groups in total. The summed E-state index contributed by atoms with van der Waals surface area (Å²) < 4.78 is 0.480. The minimum atomic E-state index is -1.25. The van der Waals surface area contributed by atoms with Gasteiger partial charge in [0.2, 0.25) is 6.41 Å². The molecule has 8 nitrogen and oxygen atoms in total. The summed E-state index contributed by atoms with van der Waals surface area (Å²) in [4.78, 5) is 28.2. The molecule has 0 saturated heterocycles. The molecule has 1 rings (SSSR count). The Hall–Kier alpha value is -1.01. The molecule has 0 aromatic heterocycles. The molecule has 0 saturated carbocycles. The van der Waals surface area contributed by atoms with E-state index in [-0.39, 0.29) is 5.84 Å². The number of rotatable bonds is 3. The maximum Gasteiger partial charge on any atom is 0.377 e. The smallest absolute Gasteiger partial charge is 0.377 e. The number of amidine groups is 1. The van der Waals surface area contributed by atoms with Gasteiger partial charge in [-0.2, -0.15) is 4.83 Å². The predicted molar refractivity (Wildman–Crippen MR) is 64.9 cm³/mol. The summed E-state index contributed by atoms with van der Waals surface area (Å²) in [5.74, 6) is -1.58. The molecule has 1 aliphatic heterocycles. The molecule has 88 valence electrons. The van der Waals surface area contributed by atoms with Gasteiger partial charge in [-0.1, -0.05) is 5.16 Å². The minimum Gasteiger partial charge on any atom is -0.475 e. The van der Waals surface area contributed by atoms with E-state index in [1.54, 1.807) is 0 Å². The molecular formula is C6H7IN4O4S. The highest BCUT2D eigenvalue weighted by Gasteiger charge is 2.30. The molecule has 0 radical (unpaired) electrons. The van der Waals surface area contributed by atoms with E-state index in [9.17, 15) is 9.59 Å². The number of hydrogen-bond acceptors (Lipinski definition) is 6. The van der Waals surface area contributed by atoms with Crippen molar-refractivity contribution >= 4 is 52.8 Å². The van der Waals surface area contributed by atoms with Crippen LogP contribution in [0.15, 0.2) is 13.9 Å². The Bertz CT molecular complexity index is 372. The number of carboxylic acids is 1.